The Bertz CT molecular complexity index is 51.3. The molecule has 8 heavy (non-hydrogen) atoms. The van der Waals surface area contributed by atoms with Gasteiger partial charge in [-0.15, -0.1) is 6.54 Å². The quantitative estimate of drug-likeness (QED) is 0.481. The van der Waals surface area contributed by atoms with E-state index in [1.54, 1.807) is 7.05 Å². The Morgan fingerprint density at radius 3 is 2.75 bits per heavy atom. The maximum Gasteiger partial charge on any atom is 0.207 e. The van der Waals surface area contributed by atoms with Crippen LogP contribution in [0.4, 0.5) is 0 Å². The van der Waals surface area contributed by atoms with Crippen LogP contribution in [0.25, 0.3) is 5.32 Å². The molecule has 0 aromatic carbocycles. The van der Waals surface area contributed by atoms with Gasteiger partial charge in [0.05, 0.1) is 0 Å². The molecule has 0 aliphatic carbocycles. The summed E-state index contributed by atoms with van der Waals surface area (Å²) in [6.07, 6.45) is 0.672. The van der Waals surface area contributed by atoms with Gasteiger partial charge in [-0.05, 0) is 6.54 Å². The van der Waals surface area contributed by atoms with Crippen LogP contribution < -0.4 is 5.32 Å². The first-order valence-electron chi connectivity index (χ1n) is 2.14. The monoisotopic (exact) mass is 190 g/mol. The molecule has 0 fully saturated rings. The van der Waals surface area contributed by atoms with Crippen LogP contribution >= 0.6 is 0 Å². The maximum absolute atomic E-state index is 9.53. The third-order valence-corrected chi connectivity index (χ3v) is 0.563. The summed E-state index contributed by atoms with van der Waals surface area (Å²) in [5.41, 5.74) is 0. The molecular formula is C4H9N2OY-. The van der Waals surface area contributed by atoms with Gasteiger partial charge in [0.1, 0.15) is 0 Å². The van der Waals surface area contributed by atoms with Gasteiger partial charge in [-0.2, -0.15) is 7.05 Å². The van der Waals surface area contributed by atoms with Crippen molar-refractivity contribution >= 4 is 6.41 Å². The van der Waals surface area contributed by atoms with Gasteiger partial charge in [0.2, 0.25) is 6.41 Å². The average Bonchev–Trinajstić information content (AvgIpc) is 1.69. The average molecular weight is 190 g/mol. The largest absolute Gasteiger partial charge is 0.664 e. The molecule has 4 heteroatoms. The van der Waals surface area contributed by atoms with E-state index in [2.05, 4.69) is 10.6 Å². The number of carbonyl (C=O) groups is 1. The van der Waals surface area contributed by atoms with E-state index >= 15 is 0 Å². The van der Waals surface area contributed by atoms with Gasteiger partial charge in [0.15, 0.2) is 0 Å². The second-order valence-corrected chi connectivity index (χ2v) is 1.11. The van der Waals surface area contributed by atoms with Crippen molar-refractivity contribution in [2.75, 3.05) is 20.1 Å². The van der Waals surface area contributed by atoms with E-state index in [1.807, 2.05) is 0 Å². The number of nitrogens with zero attached hydrogens (tertiary/aromatic N) is 1. The first kappa shape index (κ1) is 11.3. The van der Waals surface area contributed by atoms with Crippen molar-refractivity contribution in [1.29, 1.82) is 0 Å². The zero-order chi connectivity index (χ0) is 5.54. The predicted octanol–water partition coefficient (Wildman–Crippen LogP) is -0.267. The summed E-state index contributed by atoms with van der Waals surface area (Å²) in [7, 11) is 1.71. The molecule has 0 atom stereocenters. The second-order valence-electron chi connectivity index (χ2n) is 1.11. The van der Waals surface area contributed by atoms with Crippen molar-refractivity contribution in [3.63, 3.8) is 0 Å². The van der Waals surface area contributed by atoms with Crippen LogP contribution in [0.2, 0.25) is 0 Å². The number of nitrogens with one attached hydrogen (secondary N) is 1. The van der Waals surface area contributed by atoms with E-state index in [0.717, 1.165) is 0 Å². The topological polar surface area (TPSA) is 43.2 Å². The Morgan fingerprint density at radius 2 is 2.38 bits per heavy atom. The molecule has 0 rings (SSSR count). The van der Waals surface area contributed by atoms with Crippen LogP contribution in [0.3, 0.4) is 0 Å². The van der Waals surface area contributed by atoms with Crippen LogP contribution in [0.15, 0.2) is 0 Å². The van der Waals surface area contributed by atoms with Gasteiger partial charge < -0.3 is 10.6 Å². The van der Waals surface area contributed by atoms with E-state index in [-0.39, 0.29) is 32.7 Å². The van der Waals surface area contributed by atoms with E-state index < -0.39 is 0 Å². The number of carbonyl (C=O) groups excluding carboxylic acids is 1. The second kappa shape index (κ2) is 10.5. The van der Waals surface area contributed by atoms with Gasteiger partial charge in [0, 0.05) is 32.7 Å². The van der Waals surface area contributed by atoms with Gasteiger partial charge in [-0.25, -0.2) is 0 Å². The molecule has 1 radical (unpaired) electrons. The Morgan fingerprint density at radius 1 is 1.75 bits per heavy atom. The van der Waals surface area contributed by atoms with Crippen molar-refractivity contribution in [2.45, 2.75) is 0 Å². The van der Waals surface area contributed by atoms with Crippen molar-refractivity contribution < 1.29 is 37.5 Å². The molecule has 1 amide bonds. The third-order valence-electron chi connectivity index (χ3n) is 0.563. The summed E-state index contributed by atoms with van der Waals surface area (Å²) in [5.74, 6) is 0. The van der Waals surface area contributed by atoms with Crippen molar-refractivity contribution in [3.8, 4) is 0 Å². The minimum Gasteiger partial charge on any atom is -0.664 e. The molecule has 0 aromatic rings. The van der Waals surface area contributed by atoms with Crippen molar-refractivity contribution in [3.05, 3.63) is 5.32 Å². The molecular weight excluding hydrogens is 181 g/mol. The summed E-state index contributed by atoms with van der Waals surface area (Å²) in [4.78, 5) is 9.53. The first-order chi connectivity index (χ1) is 3.41. The molecule has 0 aliphatic rings. The van der Waals surface area contributed by atoms with Gasteiger partial charge >= 0.3 is 0 Å². The van der Waals surface area contributed by atoms with Crippen LogP contribution in [-0.4, -0.2) is 26.5 Å². The van der Waals surface area contributed by atoms with Gasteiger partial charge in [0.25, 0.3) is 0 Å². The zero-order valence-electron chi connectivity index (χ0n) is 4.92. The summed E-state index contributed by atoms with van der Waals surface area (Å²) >= 11 is 0. The number of hydrogen-bond donors (Lipinski definition) is 1. The van der Waals surface area contributed by atoms with Crippen LogP contribution in [0.1, 0.15) is 0 Å². The SMILES string of the molecule is C[N-]CCNC=O.[Y]. The molecule has 0 aliphatic heterocycles. The molecule has 0 saturated heterocycles. The molecule has 0 spiro atoms. The van der Waals surface area contributed by atoms with Crippen LogP contribution in [-0.2, 0) is 37.5 Å². The van der Waals surface area contributed by atoms with Crippen molar-refractivity contribution in [1.82, 2.24) is 5.32 Å². The van der Waals surface area contributed by atoms with Crippen LogP contribution in [0.5, 0.6) is 0 Å². The molecule has 0 heterocycles. The minimum atomic E-state index is 0. The molecule has 0 aromatic heterocycles. The number of hydrogen-bond acceptors (Lipinski definition) is 1. The number of likely N-dealkylation sites (N-methyl/N-ethyl adjacent to an activating group) is 1. The Balaban J connectivity index is 0. The van der Waals surface area contributed by atoms with Crippen LogP contribution in [0, 0.1) is 0 Å². The predicted molar refractivity (Wildman–Crippen MR) is 28.2 cm³/mol. The fourth-order valence-corrected chi connectivity index (χ4v) is 0.235. The van der Waals surface area contributed by atoms with Gasteiger partial charge in [-0.1, -0.05) is 0 Å². The van der Waals surface area contributed by atoms with E-state index in [1.165, 1.54) is 0 Å². The Labute approximate surface area is 74.5 Å². The van der Waals surface area contributed by atoms with Crippen molar-refractivity contribution in [2.24, 2.45) is 0 Å². The molecule has 0 bridgehead atoms. The Hall–Kier alpha value is 0.534. The molecule has 0 saturated carbocycles. The zero-order valence-corrected chi connectivity index (χ0v) is 7.76. The minimum absolute atomic E-state index is 0. The number of amides is 1. The summed E-state index contributed by atoms with van der Waals surface area (Å²) in [5, 5.41) is 6.23. The molecule has 1 N–H and O–H groups in total. The third kappa shape index (κ3) is 9.73. The summed E-state index contributed by atoms with van der Waals surface area (Å²) < 4.78 is 0. The van der Waals surface area contributed by atoms with Gasteiger partial charge in [-0.3, -0.25) is 4.79 Å². The van der Waals surface area contributed by atoms with E-state index in [4.69, 9.17) is 0 Å². The molecule has 3 nitrogen and oxygen atoms in total. The maximum atomic E-state index is 9.53. The fraction of sp³-hybridized carbons (Fsp3) is 0.750. The fourth-order valence-electron chi connectivity index (χ4n) is 0.235. The molecule has 45 valence electrons. The van der Waals surface area contributed by atoms with E-state index in [0.29, 0.717) is 19.5 Å². The standard InChI is InChI=1S/C4H9N2O.Y/c1-5-2-3-6-4-7;/h4H,2-3H2,1H3,(H,6,7);/q-1;. The normalized spacial score (nSPS) is 7.12. The first-order valence-corrected chi connectivity index (χ1v) is 2.14. The molecule has 0 unspecified atom stereocenters. The number of rotatable bonds is 4. The smallest absolute Gasteiger partial charge is 0.207 e. The summed E-state index contributed by atoms with van der Waals surface area (Å²) in [6.45, 7) is 1.36. The van der Waals surface area contributed by atoms with E-state index in [9.17, 15) is 4.79 Å². The summed E-state index contributed by atoms with van der Waals surface area (Å²) in [6, 6.07) is 0. The Kier molecular flexibility index (Phi) is 14.9.